The third kappa shape index (κ3) is 3.80. The van der Waals surface area contributed by atoms with E-state index in [0.29, 0.717) is 5.69 Å². The van der Waals surface area contributed by atoms with E-state index in [4.69, 9.17) is 14.5 Å². The van der Waals surface area contributed by atoms with Gasteiger partial charge in [-0.15, -0.1) is 0 Å². The summed E-state index contributed by atoms with van der Waals surface area (Å²) >= 11 is 0. The second-order valence-corrected chi connectivity index (χ2v) is 6.75. The van der Waals surface area contributed by atoms with Gasteiger partial charge in [0.2, 0.25) is 5.91 Å². The molecule has 1 saturated heterocycles. The summed E-state index contributed by atoms with van der Waals surface area (Å²) in [5.74, 6) is 2.19. The summed E-state index contributed by atoms with van der Waals surface area (Å²) < 4.78 is 11.1. The van der Waals surface area contributed by atoms with E-state index in [9.17, 15) is 4.79 Å². The van der Waals surface area contributed by atoms with E-state index in [0.717, 1.165) is 54.5 Å². The van der Waals surface area contributed by atoms with Crippen LogP contribution in [0.4, 0.5) is 11.4 Å². The van der Waals surface area contributed by atoms with E-state index in [1.54, 1.807) is 0 Å². The molecule has 1 amide bonds. The quantitative estimate of drug-likeness (QED) is 0.895. The zero-order valence-corrected chi connectivity index (χ0v) is 15.4. The minimum absolute atomic E-state index is 0.0199. The Morgan fingerprint density at radius 3 is 2.78 bits per heavy atom. The summed E-state index contributed by atoms with van der Waals surface area (Å²) in [6.45, 7) is 1.97. The number of methoxy groups -OCH3 is 1. The molecule has 0 radical (unpaired) electrons. The van der Waals surface area contributed by atoms with E-state index in [-0.39, 0.29) is 12.5 Å². The van der Waals surface area contributed by atoms with Crippen molar-refractivity contribution in [3.63, 3.8) is 0 Å². The number of amidine groups is 1. The number of hydrogen-bond donors (Lipinski definition) is 1. The predicted octanol–water partition coefficient (Wildman–Crippen LogP) is 3.94. The number of aliphatic imine (C=N–C) groups is 1. The maximum absolute atomic E-state index is 11.9. The fraction of sp³-hybridized carbons (Fsp3) is 0.333. The Morgan fingerprint density at radius 2 is 1.96 bits per heavy atom. The van der Waals surface area contributed by atoms with E-state index in [1.807, 2.05) is 42.5 Å². The highest BCUT2D eigenvalue weighted by atomic mass is 16.5. The molecule has 140 valence electrons. The smallest absolute Gasteiger partial charge is 0.250 e. The third-order valence-corrected chi connectivity index (χ3v) is 4.75. The molecule has 0 saturated carbocycles. The average molecular weight is 365 g/mol. The van der Waals surface area contributed by atoms with Gasteiger partial charge in [-0.05, 0) is 49.6 Å². The molecule has 2 aromatic rings. The van der Waals surface area contributed by atoms with Gasteiger partial charge in [0, 0.05) is 25.9 Å². The highest BCUT2D eigenvalue weighted by Gasteiger charge is 2.24. The van der Waals surface area contributed by atoms with Gasteiger partial charge in [0.15, 0.2) is 5.75 Å². The first-order valence-corrected chi connectivity index (χ1v) is 9.28. The first-order chi connectivity index (χ1) is 13.2. The molecule has 6 heteroatoms. The normalized spacial score (nSPS) is 15.7. The van der Waals surface area contributed by atoms with Gasteiger partial charge in [-0.25, -0.2) is 4.99 Å². The number of rotatable bonds is 3. The van der Waals surface area contributed by atoms with Gasteiger partial charge in [-0.2, -0.15) is 0 Å². The van der Waals surface area contributed by atoms with Crippen molar-refractivity contribution in [3.8, 4) is 11.5 Å². The largest absolute Gasteiger partial charge is 0.454 e. The molecule has 0 spiro atoms. The number of carbonyl (C=O) groups excluding carboxylic acids is 1. The predicted molar refractivity (Wildman–Crippen MR) is 105 cm³/mol. The van der Waals surface area contributed by atoms with Crippen LogP contribution in [-0.2, 0) is 9.53 Å². The molecule has 0 unspecified atom stereocenters. The minimum Gasteiger partial charge on any atom is -0.454 e. The monoisotopic (exact) mass is 365 g/mol. The molecular weight excluding hydrogens is 342 g/mol. The van der Waals surface area contributed by atoms with Crippen LogP contribution in [0.3, 0.4) is 0 Å². The Hall–Kier alpha value is -2.86. The highest BCUT2D eigenvalue weighted by Crippen LogP contribution is 2.39. The van der Waals surface area contributed by atoms with Crippen LogP contribution < -0.4 is 10.1 Å². The molecule has 2 heterocycles. The van der Waals surface area contributed by atoms with Gasteiger partial charge in [0.1, 0.15) is 23.9 Å². The van der Waals surface area contributed by atoms with Crippen LogP contribution in [0.25, 0.3) is 0 Å². The van der Waals surface area contributed by atoms with Crippen molar-refractivity contribution in [1.82, 2.24) is 4.90 Å². The van der Waals surface area contributed by atoms with E-state index in [1.165, 1.54) is 13.5 Å². The van der Waals surface area contributed by atoms with Gasteiger partial charge in [-0.3, -0.25) is 4.79 Å². The molecule has 1 fully saturated rings. The van der Waals surface area contributed by atoms with Crippen LogP contribution >= 0.6 is 0 Å². The van der Waals surface area contributed by atoms with Crippen LogP contribution in [0.1, 0.15) is 24.8 Å². The average Bonchev–Trinajstić information content (AvgIpc) is 2.85. The summed E-state index contributed by atoms with van der Waals surface area (Å²) in [5, 5.41) is 2.87. The molecule has 0 bridgehead atoms. The zero-order valence-electron chi connectivity index (χ0n) is 15.4. The molecule has 6 nitrogen and oxygen atoms in total. The Kier molecular flexibility index (Phi) is 5.07. The number of ether oxygens (including phenoxy) is 2. The van der Waals surface area contributed by atoms with Crippen molar-refractivity contribution in [2.24, 2.45) is 4.99 Å². The van der Waals surface area contributed by atoms with Crippen LogP contribution in [0, 0.1) is 0 Å². The summed E-state index contributed by atoms with van der Waals surface area (Å²) in [4.78, 5) is 19.2. The third-order valence-electron chi connectivity index (χ3n) is 4.75. The molecule has 0 atom stereocenters. The SMILES string of the molecule is COCC(=O)Nc1ccc2c(c1)C(N1CCCCC1)=Nc1ccccc1O2. The van der Waals surface area contributed by atoms with E-state index >= 15 is 0 Å². The van der Waals surface area contributed by atoms with Crippen molar-refractivity contribution in [1.29, 1.82) is 0 Å². The van der Waals surface area contributed by atoms with Crippen LogP contribution in [0.2, 0.25) is 0 Å². The molecule has 2 aromatic carbocycles. The molecule has 0 aliphatic carbocycles. The Bertz CT molecular complexity index is 873. The number of nitrogens with zero attached hydrogens (tertiary/aromatic N) is 2. The number of hydrogen-bond acceptors (Lipinski definition) is 5. The number of likely N-dealkylation sites (tertiary alicyclic amines) is 1. The van der Waals surface area contributed by atoms with Gasteiger partial charge < -0.3 is 19.7 Å². The molecule has 2 aliphatic rings. The number of amides is 1. The standard InChI is InChI=1S/C21H23N3O3/c1-26-14-20(25)22-15-9-10-18-16(13-15)21(24-11-5-2-6-12-24)23-17-7-3-4-8-19(17)27-18/h3-4,7-10,13H,2,5-6,11-12,14H2,1H3,(H,22,25). The van der Waals surface area contributed by atoms with Crippen LogP contribution in [0.15, 0.2) is 47.5 Å². The van der Waals surface area contributed by atoms with E-state index < -0.39 is 0 Å². The zero-order chi connectivity index (χ0) is 18.6. The van der Waals surface area contributed by atoms with Gasteiger partial charge in [-0.1, -0.05) is 12.1 Å². The number of benzene rings is 2. The molecule has 1 N–H and O–H groups in total. The highest BCUT2D eigenvalue weighted by molar-refractivity contribution is 6.05. The lowest BCUT2D eigenvalue weighted by Gasteiger charge is -2.30. The first kappa shape index (κ1) is 17.5. The number of para-hydroxylation sites is 2. The van der Waals surface area contributed by atoms with Crippen molar-refractivity contribution < 1.29 is 14.3 Å². The Balaban J connectivity index is 1.76. The van der Waals surface area contributed by atoms with E-state index in [2.05, 4.69) is 10.2 Å². The second-order valence-electron chi connectivity index (χ2n) is 6.75. The summed E-state index contributed by atoms with van der Waals surface area (Å²) in [6.07, 6.45) is 3.55. The van der Waals surface area contributed by atoms with Crippen molar-refractivity contribution in [3.05, 3.63) is 48.0 Å². The summed E-state index contributed by atoms with van der Waals surface area (Å²) in [6, 6.07) is 13.5. The van der Waals surface area contributed by atoms with Gasteiger partial charge in [0.05, 0.1) is 5.56 Å². The number of nitrogens with one attached hydrogen (secondary N) is 1. The minimum atomic E-state index is -0.188. The lowest BCUT2D eigenvalue weighted by Crippen LogP contribution is -2.36. The fourth-order valence-electron chi connectivity index (χ4n) is 3.48. The number of anilines is 1. The van der Waals surface area contributed by atoms with Crippen LogP contribution in [-0.4, -0.2) is 43.4 Å². The Morgan fingerprint density at radius 1 is 1.15 bits per heavy atom. The maximum Gasteiger partial charge on any atom is 0.250 e. The first-order valence-electron chi connectivity index (χ1n) is 9.28. The second kappa shape index (κ2) is 7.80. The van der Waals surface area contributed by atoms with Gasteiger partial charge in [0.25, 0.3) is 0 Å². The molecule has 2 aliphatic heterocycles. The van der Waals surface area contributed by atoms with Gasteiger partial charge >= 0.3 is 0 Å². The lowest BCUT2D eigenvalue weighted by atomic mass is 10.1. The molecule has 4 rings (SSSR count). The fourth-order valence-corrected chi connectivity index (χ4v) is 3.48. The number of fused-ring (bicyclic) bond motifs is 2. The maximum atomic E-state index is 11.9. The van der Waals surface area contributed by atoms with Crippen molar-refractivity contribution in [2.75, 3.05) is 32.1 Å². The number of carbonyl (C=O) groups is 1. The van der Waals surface area contributed by atoms with Crippen LogP contribution in [0.5, 0.6) is 11.5 Å². The number of piperidine rings is 1. The van der Waals surface area contributed by atoms with Crippen molar-refractivity contribution >= 4 is 23.1 Å². The van der Waals surface area contributed by atoms with Crippen molar-refractivity contribution in [2.45, 2.75) is 19.3 Å². The Labute approximate surface area is 158 Å². The molecular formula is C21H23N3O3. The topological polar surface area (TPSA) is 63.2 Å². The summed E-state index contributed by atoms with van der Waals surface area (Å²) in [7, 11) is 1.50. The summed E-state index contributed by atoms with van der Waals surface area (Å²) in [5.41, 5.74) is 2.41. The molecule has 0 aromatic heterocycles. The molecule has 27 heavy (non-hydrogen) atoms. The lowest BCUT2D eigenvalue weighted by molar-refractivity contribution is -0.119.